The third kappa shape index (κ3) is 5.04. The van der Waals surface area contributed by atoms with Crippen LogP contribution in [-0.2, 0) is 6.42 Å². The summed E-state index contributed by atoms with van der Waals surface area (Å²) >= 11 is 3.46. The number of nitrogens with two attached hydrogens (primary N) is 2. The SMILES string of the molecule is COc1ccc(Br)cc1CCNCC(N)CN. The topological polar surface area (TPSA) is 73.3 Å². The van der Waals surface area contributed by atoms with E-state index < -0.39 is 0 Å². The summed E-state index contributed by atoms with van der Waals surface area (Å²) in [6, 6.07) is 6.04. The normalized spacial score (nSPS) is 12.5. The molecule has 0 saturated carbocycles. The molecule has 17 heavy (non-hydrogen) atoms. The van der Waals surface area contributed by atoms with Gasteiger partial charge in [-0.2, -0.15) is 0 Å². The Bertz CT molecular complexity index is 347. The first-order chi connectivity index (χ1) is 8.17. The van der Waals surface area contributed by atoms with Gasteiger partial charge in [0.05, 0.1) is 7.11 Å². The van der Waals surface area contributed by atoms with Gasteiger partial charge in [-0.1, -0.05) is 15.9 Å². The molecule has 1 aromatic carbocycles. The summed E-state index contributed by atoms with van der Waals surface area (Å²) in [5.41, 5.74) is 12.3. The van der Waals surface area contributed by atoms with Crippen LogP contribution in [0.15, 0.2) is 22.7 Å². The van der Waals surface area contributed by atoms with E-state index in [0.717, 1.165) is 29.7 Å². The fourth-order valence-corrected chi connectivity index (χ4v) is 1.94. The first-order valence-electron chi connectivity index (χ1n) is 5.66. The lowest BCUT2D eigenvalue weighted by Gasteiger charge is -2.12. The number of nitrogens with one attached hydrogen (secondary N) is 1. The predicted octanol–water partition coefficient (Wildman–Crippen LogP) is 0.876. The van der Waals surface area contributed by atoms with Crippen molar-refractivity contribution in [3.8, 4) is 5.75 Å². The Labute approximate surface area is 111 Å². The Morgan fingerprint density at radius 3 is 2.88 bits per heavy atom. The Hall–Kier alpha value is -0.620. The van der Waals surface area contributed by atoms with E-state index >= 15 is 0 Å². The molecule has 0 aliphatic heterocycles. The van der Waals surface area contributed by atoms with Crippen molar-refractivity contribution in [2.75, 3.05) is 26.7 Å². The van der Waals surface area contributed by atoms with Crippen molar-refractivity contribution in [1.82, 2.24) is 5.32 Å². The molecule has 0 spiro atoms. The minimum atomic E-state index is 0.0272. The fraction of sp³-hybridized carbons (Fsp3) is 0.500. The summed E-state index contributed by atoms with van der Waals surface area (Å²) in [5.74, 6) is 0.915. The first kappa shape index (κ1) is 14.4. The second-order valence-electron chi connectivity index (χ2n) is 3.91. The molecule has 1 rings (SSSR count). The first-order valence-corrected chi connectivity index (χ1v) is 6.45. The van der Waals surface area contributed by atoms with Crippen LogP contribution in [0.3, 0.4) is 0 Å². The standard InChI is InChI=1S/C12H20BrN3O/c1-17-12-3-2-10(13)6-9(12)4-5-16-8-11(15)7-14/h2-3,6,11,16H,4-5,7-8,14-15H2,1H3. The molecule has 0 amide bonds. The van der Waals surface area contributed by atoms with Crippen LogP contribution in [0.2, 0.25) is 0 Å². The fourth-order valence-electron chi connectivity index (χ4n) is 1.54. The lowest BCUT2D eigenvalue weighted by atomic mass is 10.1. The maximum atomic E-state index is 5.71. The minimum Gasteiger partial charge on any atom is -0.496 e. The Morgan fingerprint density at radius 2 is 2.24 bits per heavy atom. The number of halogens is 1. The molecule has 1 atom stereocenters. The molecule has 1 unspecified atom stereocenters. The van der Waals surface area contributed by atoms with E-state index in [0.29, 0.717) is 6.54 Å². The Balaban J connectivity index is 2.42. The van der Waals surface area contributed by atoms with Gasteiger partial charge in [0.25, 0.3) is 0 Å². The number of hydrogen-bond donors (Lipinski definition) is 3. The molecule has 0 aliphatic rings. The zero-order valence-corrected chi connectivity index (χ0v) is 11.7. The molecule has 5 N–H and O–H groups in total. The highest BCUT2D eigenvalue weighted by atomic mass is 79.9. The van der Waals surface area contributed by atoms with Gasteiger partial charge >= 0.3 is 0 Å². The second-order valence-corrected chi connectivity index (χ2v) is 4.82. The van der Waals surface area contributed by atoms with E-state index in [1.807, 2.05) is 12.1 Å². The number of ether oxygens (including phenoxy) is 1. The molecule has 1 aromatic rings. The highest BCUT2D eigenvalue weighted by molar-refractivity contribution is 9.10. The van der Waals surface area contributed by atoms with Gasteiger partial charge in [0.15, 0.2) is 0 Å². The second kappa shape index (κ2) is 7.66. The molecule has 4 nitrogen and oxygen atoms in total. The summed E-state index contributed by atoms with van der Waals surface area (Å²) < 4.78 is 6.37. The van der Waals surface area contributed by atoms with Crippen molar-refractivity contribution in [1.29, 1.82) is 0 Å². The maximum Gasteiger partial charge on any atom is 0.122 e. The van der Waals surface area contributed by atoms with Gasteiger partial charge in [-0.25, -0.2) is 0 Å². The van der Waals surface area contributed by atoms with Crippen molar-refractivity contribution < 1.29 is 4.74 Å². The average molecular weight is 302 g/mol. The summed E-state index contributed by atoms with van der Waals surface area (Å²) in [5, 5.41) is 3.28. The van der Waals surface area contributed by atoms with E-state index in [4.69, 9.17) is 16.2 Å². The molecule has 0 aliphatic carbocycles. The third-order valence-electron chi connectivity index (χ3n) is 2.52. The van der Waals surface area contributed by atoms with Gasteiger partial charge in [-0.15, -0.1) is 0 Å². The van der Waals surface area contributed by atoms with Crippen LogP contribution in [-0.4, -0.2) is 32.8 Å². The van der Waals surface area contributed by atoms with Crippen molar-refractivity contribution in [2.45, 2.75) is 12.5 Å². The van der Waals surface area contributed by atoms with Gasteiger partial charge in [-0.05, 0) is 36.7 Å². The van der Waals surface area contributed by atoms with Crippen LogP contribution in [0.4, 0.5) is 0 Å². The largest absolute Gasteiger partial charge is 0.496 e. The minimum absolute atomic E-state index is 0.0272. The molecular formula is C12H20BrN3O. The number of methoxy groups -OCH3 is 1. The molecular weight excluding hydrogens is 282 g/mol. The number of rotatable bonds is 7. The molecule has 5 heteroatoms. The van der Waals surface area contributed by atoms with Gasteiger partial charge < -0.3 is 21.5 Å². The van der Waals surface area contributed by atoms with Crippen molar-refractivity contribution in [3.05, 3.63) is 28.2 Å². The van der Waals surface area contributed by atoms with Crippen molar-refractivity contribution in [2.24, 2.45) is 11.5 Å². The van der Waals surface area contributed by atoms with E-state index in [1.54, 1.807) is 7.11 Å². The molecule has 0 bridgehead atoms. The molecule has 96 valence electrons. The van der Waals surface area contributed by atoms with Gasteiger partial charge in [0, 0.05) is 23.6 Å². The van der Waals surface area contributed by atoms with E-state index in [-0.39, 0.29) is 6.04 Å². The predicted molar refractivity (Wildman–Crippen MR) is 74.3 cm³/mol. The summed E-state index contributed by atoms with van der Waals surface area (Å²) in [7, 11) is 1.69. The summed E-state index contributed by atoms with van der Waals surface area (Å²) in [6.07, 6.45) is 0.903. The monoisotopic (exact) mass is 301 g/mol. The molecule has 0 aromatic heterocycles. The number of benzene rings is 1. The van der Waals surface area contributed by atoms with E-state index in [9.17, 15) is 0 Å². The van der Waals surface area contributed by atoms with Crippen LogP contribution in [0.25, 0.3) is 0 Å². The summed E-state index contributed by atoms with van der Waals surface area (Å²) in [4.78, 5) is 0. The maximum absolute atomic E-state index is 5.71. The van der Waals surface area contributed by atoms with Crippen LogP contribution < -0.4 is 21.5 Å². The third-order valence-corrected chi connectivity index (χ3v) is 3.02. The van der Waals surface area contributed by atoms with Gasteiger partial charge in [0.2, 0.25) is 0 Å². The van der Waals surface area contributed by atoms with E-state index in [2.05, 4.69) is 27.3 Å². The quantitative estimate of drug-likeness (QED) is 0.654. The zero-order chi connectivity index (χ0) is 12.7. The van der Waals surface area contributed by atoms with Crippen LogP contribution in [0.1, 0.15) is 5.56 Å². The molecule has 0 heterocycles. The molecule has 0 radical (unpaired) electrons. The zero-order valence-electron chi connectivity index (χ0n) is 10.1. The average Bonchev–Trinajstić information content (AvgIpc) is 2.34. The van der Waals surface area contributed by atoms with Crippen LogP contribution >= 0.6 is 15.9 Å². The van der Waals surface area contributed by atoms with Crippen LogP contribution in [0, 0.1) is 0 Å². The summed E-state index contributed by atoms with van der Waals surface area (Å²) in [6.45, 7) is 2.11. The van der Waals surface area contributed by atoms with Gasteiger partial charge in [-0.3, -0.25) is 0 Å². The lowest BCUT2D eigenvalue weighted by Crippen LogP contribution is -2.40. The lowest BCUT2D eigenvalue weighted by molar-refractivity contribution is 0.409. The van der Waals surface area contributed by atoms with Crippen molar-refractivity contribution in [3.63, 3.8) is 0 Å². The Kier molecular flexibility index (Phi) is 6.50. The van der Waals surface area contributed by atoms with Crippen molar-refractivity contribution >= 4 is 15.9 Å². The van der Waals surface area contributed by atoms with Crippen LogP contribution in [0.5, 0.6) is 5.75 Å². The highest BCUT2D eigenvalue weighted by Gasteiger charge is 2.04. The van der Waals surface area contributed by atoms with E-state index in [1.165, 1.54) is 5.56 Å². The van der Waals surface area contributed by atoms with Gasteiger partial charge in [0.1, 0.15) is 5.75 Å². The number of hydrogen-bond acceptors (Lipinski definition) is 4. The molecule has 0 fully saturated rings. The smallest absolute Gasteiger partial charge is 0.122 e. The molecule has 0 saturated heterocycles. The highest BCUT2D eigenvalue weighted by Crippen LogP contribution is 2.22. The Morgan fingerprint density at radius 1 is 1.47 bits per heavy atom.